The number of hydrogen-bond acceptors (Lipinski definition) is 3. The van der Waals surface area contributed by atoms with Crippen LogP contribution in [0.5, 0.6) is 0 Å². The number of fused-ring (bicyclic) bond motifs is 1. The van der Waals surface area contributed by atoms with Gasteiger partial charge in [-0.25, -0.2) is 0 Å². The minimum Gasteiger partial charge on any atom is -0.351 e. The molecular formula is C15H22N2OS. The van der Waals surface area contributed by atoms with Crippen LogP contribution in [-0.2, 0) is 11.3 Å². The van der Waals surface area contributed by atoms with Crippen molar-refractivity contribution >= 4 is 17.2 Å². The normalized spacial score (nSPS) is 30.1. The molecule has 19 heavy (non-hydrogen) atoms. The van der Waals surface area contributed by atoms with Gasteiger partial charge in [-0.2, -0.15) is 0 Å². The van der Waals surface area contributed by atoms with Gasteiger partial charge in [-0.1, -0.05) is 12.8 Å². The zero-order chi connectivity index (χ0) is 13.3. The van der Waals surface area contributed by atoms with Gasteiger partial charge in [0.25, 0.3) is 0 Å². The maximum Gasteiger partial charge on any atom is 0.228 e. The Labute approximate surface area is 118 Å². The first-order chi connectivity index (χ1) is 9.21. The van der Waals surface area contributed by atoms with Gasteiger partial charge in [0, 0.05) is 16.3 Å². The van der Waals surface area contributed by atoms with Crippen molar-refractivity contribution in [2.24, 2.45) is 11.3 Å². The molecule has 3 nitrogen and oxygen atoms in total. The first kappa shape index (κ1) is 13.1. The van der Waals surface area contributed by atoms with Gasteiger partial charge in [0.2, 0.25) is 5.91 Å². The van der Waals surface area contributed by atoms with Gasteiger partial charge in [0.1, 0.15) is 0 Å². The van der Waals surface area contributed by atoms with Crippen LogP contribution in [0.3, 0.4) is 0 Å². The van der Waals surface area contributed by atoms with Crippen LogP contribution in [0.2, 0.25) is 0 Å². The average molecular weight is 278 g/mol. The number of carbonyl (C=O) groups is 1. The molecule has 1 aromatic rings. The van der Waals surface area contributed by atoms with Crippen LogP contribution < -0.4 is 10.6 Å². The van der Waals surface area contributed by atoms with Gasteiger partial charge in [-0.15, -0.1) is 11.3 Å². The smallest absolute Gasteiger partial charge is 0.228 e. The highest BCUT2D eigenvalue weighted by atomic mass is 32.1. The number of amides is 1. The zero-order valence-corrected chi connectivity index (χ0v) is 12.3. The van der Waals surface area contributed by atoms with Crippen molar-refractivity contribution < 1.29 is 4.79 Å². The molecule has 4 heteroatoms. The van der Waals surface area contributed by atoms with E-state index in [0.29, 0.717) is 12.5 Å². The number of rotatable bonds is 3. The van der Waals surface area contributed by atoms with Crippen molar-refractivity contribution in [1.82, 2.24) is 10.6 Å². The molecule has 0 aromatic carbocycles. The van der Waals surface area contributed by atoms with E-state index >= 15 is 0 Å². The molecule has 104 valence electrons. The minimum absolute atomic E-state index is 0.120. The molecule has 3 rings (SSSR count). The molecule has 2 N–H and O–H groups in total. The van der Waals surface area contributed by atoms with Crippen LogP contribution in [0.4, 0.5) is 0 Å². The van der Waals surface area contributed by atoms with Crippen molar-refractivity contribution in [2.45, 2.75) is 39.2 Å². The van der Waals surface area contributed by atoms with E-state index in [2.05, 4.69) is 29.7 Å². The van der Waals surface area contributed by atoms with Crippen molar-refractivity contribution in [3.63, 3.8) is 0 Å². The van der Waals surface area contributed by atoms with E-state index in [0.717, 1.165) is 19.5 Å². The summed E-state index contributed by atoms with van der Waals surface area (Å²) in [6.07, 6.45) is 4.74. The minimum atomic E-state index is -0.120. The van der Waals surface area contributed by atoms with Gasteiger partial charge in [-0.05, 0) is 44.4 Å². The van der Waals surface area contributed by atoms with E-state index in [1.165, 1.54) is 29.0 Å². The number of hydrogen-bond donors (Lipinski definition) is 2. The lowest BCUT2D eigenvalue weighted by Gasteiger charge is -2.37. The largest absolute Gasteiger partial charge is 0.351 e. The summed E-state index contributed by atoms with van der Waals surface area (Å²) in [5, 5.41) is 6.61. The summed E-state index contributed by atoms with van der Waals surface area (Å²) in [5.41, 5.74) is -0.120. The van der Waals surface area contributed by atoms with Crippen LogP contribution in [0.1, 0.15) is 35.4 Å². The summed E-state index contributed by atoms with van der Waals surface area (Å²) in [6.45, 7) is 4.68. The van der Waals surface area contributed by atoms with Gasteiger partial charge < -0.3 is 10.6 Å². The van der Waals surface area contributed by atoms with E-state index in [1.807, 2.05) is 0 Å². The molecule has 1 saturated heterocycles. The average Bonchev–Trinajstić information content (AvgIpc) is 3.02. The Morgan fingerprint density at radius 1 is 1.53 bits per heavy atom. The van der Waals surface area contributed by atoms with E-state index in [4.69, 9.17) is 0 Å². The Hall–Kier alpha value is -0.870. The summed E-state index contributed by atoms with van der Waals surface area (Å²) in [6, 6.07) is 4.23. The highest BCUT2D eigenvalue weighted by molar-refractivity contribution is 7.11. The lowest BCUT2D eigenvalue weighted by atomic mass is 9.67. The van der Waals surface area contributed by atoms with Crippen molar-refractivity contribution in [1.29, 1.82) is 0 Å². The molecule has 2 aliphatic rings. The number of nitrogens with one attached hydrogen (secondary N) is 2. The van der Waals surface area contributed by atoms with Crippen molar-refractivity contribution in [2.75, 3.05) is 13.1 Å². The molecule has 1 amide bonds. The fraction of sp³-hybridized carbons (Fsp3) is 0.667. The Morgan fingerprint density at radius 2 is 2.42 bits per heavy atom. The van der Waals surface area contributed by atoms with E-state index in [9.17, 15) is 4.79 Å². The number of aryl methyl sites for hydroxylation is 1. The van der Waals surface area contributed by atoms with Gasteiger partial charge >= 0.3 is 0 Å². The molecule has 0 spiro atoms. The van der Waals surface area contributed by atoms with Crippen LogP contribution in [0.25, 0.3) is 0 Å². The van der Waals surface area contributed by atoms with Gasteiger partial charge in [0.15, 0.2) is 0 Å². The molecule has 0 bridgehead atoms. The lowest BCUT2D eigenvalue weighted by Crippen LogP contribution is -2.47. The summed E-state index contributed by atoms with van der Waals surface area (Å²) >= 11 is 1.77. The zero-order valence-electron chi connectivity index (χ0n) is 11.5. The molecule has 2 atom stereocenters. The monoisotopic (exact) mass is 278 g/mol. The van der Waals surface area contributed by atoms with Gasteiger partial charge in [-0.3, -0.25) is 4.79 Å². The molecule has 1 aliphatic carbocycles. The fourth-order valence-electron chi connectivity index (χ4n) is 3.61. The Balaban J connectivity index is 1.65. The van der Waals surface area contributed by atoms with Crippen LogP contribution in [-0.4, -0.2) is 19.0 Å². The first-order valence-electron chi connectivity index (χ1n) is 7.25. The topological polar surface area (TPSA) is 41.1 Å². The number of carbonyl (C=O) groups excluding carboxylic acids is 1. The van der Waals surface area contributed by atoms with Crippen molar-refractivity contribution in [3.05, 3.63) is 21.9 Å². The van der Waals surface area contributed by atoms with E-state index < -0.39 is 0 Å². The summed E-state index contributed by atoms with van der Waals surface area (Å²) < 4.78 is 0. The molecule has 1 saturated carbocycles. The molecule has 2 heterocycles. The van der Waals surface area contributed by atoms with Crippen LogP contribution in [0.15, 0.2) is 12.1 Å². The van der Waals surface area contributed by atoms with E-state index in [1.54, 1.807) is 11.3 Å². The Morgan fingerprint density at radius 3 is 3.21 bits per heavy atom. The molecular weight excluding hydrogens is 256 g/mol. The molecule has 2 fully saturated rings. The first-order valence-corrected chi connectivity index (χ1v) is 8.07. The quantitative estimate of drug-likeness (QED) is 0.891. The molecule has 1 aromatic heterocycles. The SMILES string of the molecule is Cc1ccc(CNC(=O)[C@@]23CCCC[C@H]2CNC3)s1. The highest BCUT2D eigenvalue weighted by Gasteiger charge is 2.49. The highest BCUT2D eigenvalue weighted by Crippen LogP contribution is 2.43. The summed E-state index contributed by atoms with van der Waals surface area (Å²) in [7, 11) is 0. The van der Waals surface area contributed by atoms with Crippen LogP contribution in [0, 0.1) is 18.3 Å². The third-order valence-electron chi connectivity index (χ3n) is 4.71. The second kappa shape index (κ2) is 5.25. The predicted molar refractivity (Wildman–Crippen MR) is 78.2 cm³/mol. The second-order valence-corrected chi connectivity index (χ2v) is 7.30. The Bertz CT molecular complexity index is 470. The third kappa shape index (κ3) is 2.43. The summed E-state index contributed by atoms with van der Waals surface area (Å²) in [4.78, 5) is 15.2. The molecule has 1 aliphatic heterocycles. The second-order valence-electron chi connectivity index (χ2n) is 5.92. The van der Waals surface area contributed by atoms with Crippen molar-refractivity contribution in [3.8, 4) is 0 Å². The molecule has 0 unspecified atom stereocenters. The van der Waals surface area contributed by atoms with Crippen LogP contribution >= 0.6 is 11.3 Å². The Kier molecular flexibility index (Phi) is 3.63. The van der Waals surface area contributed by atoms with Gasteiger partial charge in [0.05, 0.1) is 12.0 Å². The maximum absolute atomic E-state index is 12.6. The molecule has 0 radical (unpaired) electrons. The lowest BCUT2D eigenvalue weighted by molar-refractivity contribution is -0.134. The maximum atomic E-state index is 12.6. The summed E-state index contributed by atoms with van der Waals surface area (Å²) in [5.74, 6) is 0.819. The number of thiophene rings is 1. The standard InChI is InChI=1S/C15H22N2OS/c1-11-5-6-13(19-11)9-17-14(18)15-7-3-2-4-12(15)8-16-10-15/h5-6,12,16H,2-4,7-10H2,1H3,(H,17,18)/t12-,15+/m0/s1. The predicted octanol–water partition coefficient (Wildman–Crippen LogP) is 2.45. The fourth-order valence-corrected chi connectivity index (χ4v) is 4.44. The van der Waals surface area contributed by atoms with E-state index in [-0.39, 0.29) is 11.3 Å². The third-order valence-corrected chi connectivity index (χ3v) is 5.71.